The van der Waals surface area contributed by atoms with Crippen molar-refractivity contribution in [1.82, 2.24) is 0 Å². The molecule has 0 saturated heterocycles. The molecule has 0 fully saturated rings. The highest BCUT2D eigenvalue weighted by Gasteiger charge is 2.14. The van der Waals surface area contributed by atoms with Crippen LogP contribution in [-0.4, -0.2) is 11.2 Å². The molecule has 2 aromatic carbocycles. The second-order valence-electron chi connectivity index (χ2n) is 4.69. The molecule has 0 spiro atoms. The fourth-order valence-electron chi connectivity index (χ4n) is 1.81. The number of carbonyl (C=O) groups is 1. The third-order valence-corrected chi connectivity index (χ3v) is 3.92. The summed E-state index contributed by atoms with van der Waals surface area (Å²) in [6, 6.07) is 15.3. The summed E-state index contributed by atoms with van der Waals surface area (Å²) in [7, 11) is 0. The highest BCUT2D eigenvalue weighted by atomic mass is 32.2. The molecule has 0 aliphatic carbocycles. The van der Waals surface area contributed by atoms with Gasteiger partial charge in [0, 0.05) is 16.3 Å². The summed E-state index contributed by atoms with van der Waals surface area (Å²) in [6.45, 7) is 3.94. The number of hydrogen-bond acceptors (Lipinski definition) is 3. The molecule has 0 saturated carbocycles. The molecule has 0 radical (unpaired) electrons. The monoisotopic (exact) mass is 286 g/mol. The van der Waals surface area contributed by atoms with E-state index in [0.29, 0.717) is 5.69 Å². The minimum atomic E-state index is -0.168. The number of nitrogen functional groups attached to an aromatic ring is 1. The van der Waals surface area contributed by atoms with Crippen LogP contribution in [0.3, 0.4) is 0 Å². The first-order valence-electron chi connectivity index (χ1n) is 6.44. The van der Waals surface area contributed by atoms with Crippen molar-refractivity contribution in [2.24, 2.45) is 0 Å². The van der Waals surface area contributed by atoms with Gasteiger partial charge in [0.25, 0.3) is 0 Å². The van der Waals surface area contributed by atoms with Gasteiger partial charge in [-0.1, -0.05) is 23.8 Å². The number of benzene rings is 2. The Morgan fingerprint density at radius 3 is 2.65 bits per heavy atom. The molecule has 3 N–H and O–H groups in total. The minimum absolute atomic E-state index is 0.0258. The molecule has 0 aromatic heterocycles. The van der Waals surface area contributed by atoms with Crippen molar-refractivity contribution in [2.75, 3.05) is 11.1 Å². The van der Waals surface area contributed by atoms with Gasteiger partial charge in [0.1, 0.15) is 0 Å². The Bertz CT molecular complexity index is 613. The van der Waals surface area contributed by atoms with E-state index in [1.54, 1.807) is 23.9 Å². The number of anilines is 2. The zero-order chi connectivity index (χ0) is 14.5. The average Bonchev–Trinajstić information content (AvgIpc) is 2.38. The summed E-state index contributed by atoms with van der Waals surface area (Å²) in [4.78, 5) is 13.2. The van der Waals surface area contributed by atoms with E-state index >= 15 is 0 Å². The molecule has 0 bridgehead atoms. The highest BCUT2D eigenvalue weighted by molar-refractivity contribution is 8.00. The van der Waals surface area contributed by atoms with Crippen molar-refractivity contribution in [3.05, 3.63) is 54.1 Å². The molecule has 4 heteroatoms. The van der Waals surface area contributed by atoms with Gasteiger partial charge in [-0.3, -0.25) is 4.79 Å². The van der Waals surface area contributed by atoms with Crippen molar-refractivity contribution in [3.8, 4) is 0 Å². The first-order chi connectivity index (χ1) is 9.54. The Hall–Kier alpha value is -1.94. The maximum absolute atomic E-state index is 12.1. The van der Waals surface area contributed by atoms with E-state index in [2.05, 4.69) is 11.4 Å². The van der Waals surface area contributed by atoms with Crippen molar-refractivity contribution in [1.29, 1.82) is 0 Å². The standard InChI is InChI=1S/C16H18N2OS/c1-11-5-3-8-15(9-11)20-12(2)16(19)18-14-7-4-6-13(17)10-14/h3-10,12H,17H2,1-2H3,(H,18,19). The Morgan fingerprint density at radius 1 is 1.20 bits per heavy atom. The van der Waals surface area contributed by atoms with E-state index in [9.17, 15) is 4.79 Å². The van der Waals surface area contributed by atoms with Crippen molar-refractivity contribution in [2.45, 2.75) is 24.0 Å². The van der Waals surface area contributed by atoms with E-state index in [0.717, 1.165) is 10.6 Å². The van der Waals surface area contributed by atoms with Crippen LogP contribution in [0.5, 0.6) is 0 Å². The van der Waals surface area contributed by atoms with Gasteiger partial charge in [-0.25, -0.2) is 0 Å². The van der Waals surface area contributed by atoms with E-state index in [1.807, 2.05) is 44.2 Å². The minimum Gasteiger partial charge on any atom is -0.399 e. The predicted molar refractivity (Wildman–Crippen MR) is 86.0 cm³/mol. The van der Waals surface area contributed by atoms with Gasteiger partial charge in [-0.15, -0.1) is 11.8 Å². The van der Waals surface area contributed by atoms with E-state index < -0.39 is 0 Å². The zero-order valence-electron chi connectivity index (χ0n) is 11.6. The fraction of sp³-hybridized carbons (Fsp3) is 0.188. The quantitative estimate of drug-likeness (QED) is 0.665. The van der Waals surface area contributed by atoms with Crippen molar-refractivity contribution < 1.29 is 4.79 Å². The van der Waals surface area contributed by atoms with E-state index in [-0.39, 0.29) is 11.2 Å². The van der Waals surface area contributed by atoms with Crippen LogP contribution < -0.4 is 11.1 Å². The topological polar surface area (TPSA) is 55.1 Å². The second-order valence-corrected chi connectivity index (χ2v) is 6.11. The third kappa shape index (κ3) is 4.03. The van der Waals surface area contributed by atoms with Crippen LogP contribution in [0, 0.1) is 6.92 Å². The Morgan fingerprint density at radius 2 is 1.95 bits per heavy atom. The smallest absolute Gasteiger partial charge is 0.237 e. The van der Waals surface area contributed by atoms with Crippen LogP contribution in [0.2, 0.25) is 0 Å². The molecular weight excluding hydrogens is 268 g/mol. The lowest BCUT2D eigenvalue weighted by Gasteiger charge is -2.12. The fourth-order valence-corrected chi connectivity index (χ4v) is 2.79. The number of hydrogen-bond donors (Lipinski definition) is 2. The van der Waals surface area contributed by atoms with Gasteiger partial charge in [-0.2, -0.15) is 0 Å². The number of amides is 1. The number of carbonyl (C=O) groups excluding carboxylic acids is 1. The van der Waals surface area contributed by atoms with Gasteiger partial charge in [0.15, 0.2) is 0 Å². The Kier molecular flexibility index (Phi) is 4.69. The van der Waals surface area contributed by atoms with E-state index in [1.165, 1.54) is 5.56 Å². The lowest BCUT2D eigenvalue weighted by molar-refractivity contribution is -0.115. The molecule has 2 rings (SSSR count). The summed E-state index contributed by atoms with van der Waals surface area (Å²) < 4.78 is 0. The maximum atomic E-state index is 12.1. The number of aryl methyl sites for hydroxylation is 1. The molecule has 0 heterocycles. The zero-order valence-corrected chi connectivity index (χ0v) is 12.4. The first kappa shape index (κ1) is 14.5. The van der Waals surface area contributed by atoms with E-state index in [4.69, 9.17) is 5.73 Å². The van der Waals surface area contributed by atoms with Gasteiger partial charge in [-0.05, 0) is 44.2 Å². The first-order valence-corrected chi connectivity index (χ1v) is 7.32. The lowest BCUT2D eigenvalue weighted by atomic mass is 10.2. The SMILES string of the molecule is Cc1cccc(SC(C)C(=O)Nc2cccc(N)c2)c1. The van der Waals surface area contributed by atoms with Crippen molar-refractivity contribution in [3.63, 3.8) is 0 Å². The number of nitrogens with two attached hydrogens (primary N) is 1. The molecule has 104 valence electrons. The molecule has 1 amide bonds. The Balaban J connectivity index is 1.98. The summed E-state index contributed by atoms with van der Waals surface area (Å²) >= 11 is 1.55. The van der Waals surface area contributed by atoms with Gasteiger partial charge < -0.3 is 11.1 Å². The Labute approximate surface area is 123 Å². The number of rotatable bonds is 4. The van der Waals surface area contributed by atoms with Gasteiger partial charge >= 0.3 is 0 Å². The second kappa shape index (κ2) is 6.48. The van der Waals surface area contributed by atoms with Crippen LogP contribution in [0.4, 0.5) is 11.4 Å². The number of nitrogens with one attached hydrogen (secondary N) is 1. The highest BCUT2D eigenvalue weighted by Crippen LogP contribution is 2.25. The molecular formula is C16H18N2OS. The predicted octanol–water partition coefficient (Wildman–Crippen LogP) is 3.70. The number of thioether (sulfide) groups is 1. The summed E-state index contributed by atoms with van der Waals surface area (Å²) in [5, 5.41) is 2.71. The summed E-state index contributed by atoms with van der Waals surface area (Å²) in [5.41, 5.74) is 8.26. The molecule has 1 unspecified atom stereocenters. The van der Waals surface area contributed by atoms with Crippen LogP contribution >= 0.6 is 11.8 Å². The van der Waals surface area contributed by atoms with Crippen LogP contribution in [0.25, 0.3) is 0 Å². The molecule has 1 atom stereocenters. The lowest BCUT2D eigenvalue weighted by Crippen LogP contribution is -2.22. The maximum Gasteiger partial charge on any atom is 0.237 e. The van der Waals surface area contributed by atoms with Gasteiger partial charge in [0.2, 0.25) is 5.91 Å². The molecule has 20 heavy (non-hydrogen) atoms. The largest absolute Gasteiger partial charge is 0.399 e. The summed E-state index contributed by atoms with van der Waals surface area (Å²) in [6.07, 6.45) is 0. The van der Waals surface area contributed by atoms with Gasteiger partial charge in [0.05, 0.1) is 5.25 Å². The molecule has 0 aliphatic heterocycles. The van der Waals surface area contributed by atoms with Crippen LogP contribution in [0.15, 0.2) is 53.4 Å². The van der Waals surface area contributed by atoms with Crippen LogP contribution in [-0.2, 0) is 4.79 Å². The molecule has 3 nitrogen and oxygen atoms in total. The normalized spacial score (nSPS) is 11.9. The average molecular weight is 286 g/mol. The third-order valence-electron chi connectivity index (χ3n) is 2.83. The van der Waals surface area contributed by atoms with Crippen molar-refractivity contribution >= 4 is 29.0 Å². The molecule has 2 aromatic rings. The summed E-state index contributed by atoms with van der Waals surface area (Å²) in [5.74, 6) is -0.0258. The van der Waals surface area contributed by atoms with Crippen LogP contribution in [0.1, 0.15) is 12.5 Å². The molecule has 0 aliphatic rings.